The summed E-state index contributed by atoms with van der Waals surface area (Å²) in [5, 5.41) is 4.98. The molecule has 0 spiro atoms. The topological polar surface area (TPSA) is 44.0 Å². The number of hydrogen-bond donors (Lipinski definition) is 2. The monoisotopic (exact) mass is 270 g/mol. The highest BCUT2D eigenvalue weighted by Crippen LogP contribution is 2.30. The van der Waals surface area contributed by atoms with Crippen LogP contribution < -0.4 is 5.32 Å². The van der Waals surface area contributed by atoms with Crippen molar-refractivity contribution in [3.63, 3.8) is 0 Å². The van der Waals surface area contributed by atoms with Crippen LogP contribution in [0.15, 0.2) is 24.5 Å². The molecule has 2 aromatic heterocycles. The number of aromatic nitrogens is 2. The Morgan fingerprint density at radius 1 is 1.30 bits per heavy atom. The first-order valence-electron chi connectivity index (χ1n) is 7.67. The third kappa shape index (κ3) is 2.13. The fourth-order valence-electron chi connectivity index (χ4n) is 3.93. The van der Waals surface area contributed by atoms with Crippen molar-refractivity contribution >= 4 is 11.0 Å². The third-order valence-electron chi connectivity index (χ3n) is 5.03. The van der Waals surface area contributed by atoms with Crippen molar-refractivity contribution in [2.45, 2.75) is 50.4 Å². The number of nitrogens with one attached hydrogen (secondary N) is 2. The molecular weight excluding hydrogens is 248 g/mol. The zero-order valence-electron chi connectivity index (χ0n) is 12.0. The first-order valence-corrected chi connectivity index (χ1v) is 7.67. The van der Waals surface area contributed by atoms with Crippen molar-refractivity contribution < 1.29 is 0 Å². The first kappa shape index (κ1) is 12.4. The number of aromatic amines is 1. The minimum Gasteiger partial charge on any atom is -0.346 e. The highest BCUT2D eigenvalue weighted by atomic mass is 15.2. The molecule has 4 nitrogen and oxygen atoms in total. The van der Waals surface area contributed by atoms with E-state index in [-0.39, 0.29) is 0 Å². The van der Waals surface area contributed by atoms with E-state index in [4.69, 9.17) is 0 Å². The van der Waals surface area contributed by atoms with Crippen molar-refractivity contribution in [2.75, 3.05) is 7.05 Å². The molecule has 0 aromatic carbocycles. The summed E-state index contributed by atoms with van der Waals surface area (Å²) in [6, 6.07) is 6.41. The van der Waals surface area contributed by atoms with E-state index in [1.54, 1.807) is 0 Å². The molecule has 0 aliphatic carbocycles. The van der Waals surface area contributed by atoms with Gasteiger partial charge in [0.25, 0.3) is 0 Å². The predicted octanol–water partition coefficient (Wildman–Crippen LogP) is 2.28. The molecule has 2 saturated heterocycles. The zero-order chi connectivity index (χ0) is 13.5. The van der Waals surface area contributed by atoms with Crippen molar-refractivity contribution in [1.82, 2.24) is 20.2 Å². The molecule has 4 rings (SSSR count). The lowest BCUT2D eigenvalue weighted by Crippen LogP contribution is -2.46. The molecule has 2 bridgehead atoms. The van der Waals surface area contributed by atoms with E-state index in [2.05, 4.69) is 39.5 Å². The van der Waals surface area contributed by atoms with Crippen LogP contribution in [0.2, 0.25) is 0 Å². The number of hydrogen-bond acceptors (Lipinski definition) is 3. The van der Waals surface area contributed by atoms with E-state index in [9.17, 15) is 0 Å². The highest BCUT2D eigenvalue weighted by molar-refractivity contribution is 5.79. The fourth-order valence-corrected chi connectivity index (χ4v) is 3.93. The largest absolute Gasteiger partial charge is 0.346 e. The van der Waals surface area contributed by atoms with Gasteiger partial charge in [-0.05, 0) is 50.4 Å². The number of nitrogens with zero attached hydrogens (tertiary/aromatic N) is 2. The van der Waals surface area contributed by atoms with Gasteiger partial charge in [0.1, 0.15) is 5.65 Å². The minimum absolute atomic E-state index is 0.718. The van der Waals surface area contributed by atoms with Crippen LogP contribution in [0.5, 0.6) is 0 Å². The van der Waals surface area contributed by atoms with E-state index >= 15 is 0 Å². The molecule has 2 unspecified atom stereocenters. The lowest BCUT2D eigenvalue weighted by Gasteiger charge is -2.35. The molecule has 2 fully saturated rings. The molecule has 2 aromatic rings. The van der Waals surface area contributed by atoms with Gasteiger partial charge in [-0.3, -0.25) is 4.90 Å². The van der Waals surface area contributed by atoms with Crippen molar-refractivity contribution in [3.05, 3.63) is 30.1 Å². The molecule has 0 saturated carbocycles. The Labute approximate surface area is 119 Å². The third-order valence-corrected chi connectivity index (χ3v) is 5.03. The standard InChI is InChI=1S/C16H22N4/c1-20(14-7-12-4-5-13(8-14)19-12)10-11-9-18-16-15(11)3-2-6-17-16/h2-3,6,9,12-14,19H,4-5,7-8,10H2,1H3,(H,17,18). The Morgan fingerprint density at radius 3 is 2.90 bits per heavy atom. The summed E-state index contributed by atoms with van der Waals surface area (Å²) in [4.78, 5) is 10.2. The molecule has 2 aliphatic heterocycles. The van der Waals surface area contributed by atoms with Gasteiger partial charge in [-0.25, -0.2) is 4.98 Å². The molecule has 106 valence electrons. The van der Waals surface area contributed by atoms with E-state index in [0.29, 0.717) is 0 Å². The Bertz CT molecular complexity index is 593. The van der Waals surface area contributed by atoms with E-state index in [1.165, 1.54) is 36.6 Å². The lowest BCUT2D eigenvalue weighted by atomic mass is 9.98. The Hall–Kier alpha value is -1.39. The average Bonchev–Trinajstić information content (AvgIpc) is 3.03. The Kier molecular flexibility index (Phi) is 3.00. The average molecular weight is 270 g/mol. The van der Waals surface area contributed by atoms with Crippen LogP contribution in [-0.4, -0.2) is 40.0 Å². The van der Waals surface area contributed by atoms with E-state index < -0.39 is 0 Å². The lowest BCUT2D eigenvalue weighted by molar-refractivity contribution is 0.166. The van der Waals surface area contributed by atoms with Gasteiger partial charge in [0.2, 0.25) is 0 Å². The summed E-state index contributed by atoms with van der Waals surface area (Å²) in [5.74, 6) is 0. The van der Waals surface area contributed by atoms with Crippen LogP contribution in [-0.2, 0) is 6.54 Å². The van der Waals surface area contributed by atoms with E-state index in [1.807, 2.05) is 12.3 Å². The van der Waals surface area contributed by atoms with Gasteiger partial charge in [-0.1, -0.05) is 0 Å². The summed E-state index contributed by atoms with van der Waals surface area (Å²) in [6.45, 7) is 1.01. The molecule has 0 radical (unpaired) electrons. The molecule has 20 heavy (non-hydrogen) atoms. The van der Waals surface area contributed by atoms with Crippen molar-refractivity contribution in [2.24, 2.45) is 0 Å². The fraction of sp³-hybridized carbons (Fsp3) is 0.562. The van der Waals surface area contributed by atoms with Gasteiger partial charge in [0.05, 0.1) is 0 Å². The second-order valence-electron chi connectivity index (χ2n) is 6.39. The number of H-pyrrole nitrogens is 1. The van der Waals surface area contributed by atoms with Crippen LogP contribution in [0, 0.1) is 0 Å². The quantitative estimate of drug-likeness (QED) is 0.899. The van der Waals surface area contributed by atoms with Gasteiger partial charge in [-0.15, -0.1) is 0 Å². The van der Waals surface area contributed by atoms with E-state index in [0.717, 1.165) is 30.3 Å². The molecule has 4 heteroatoms. The predicted molar refractivity (Wildman–Crippen MR) is 80.5 cm³/mol. The number of piperidine rings is 1. The first-order chi connectivity index (χ1) is 9.79. The van der Waals surface area contributed by atoms with Gasteiger partial charge < -0.3 is 10.3 Å². The van der Waals surface area contributed by atoms with Gasteiger partial charge in [0, 0.05) is 42.5 Å². The second-order valence-corrected chi connectivity index (χ2v) is 6.39. The summed E-state index contributed by atoms with van der Waals surface area (Å²) >= 11 is 0. The van der Waals surface area contributed by atoms with Crippen LogP contribution >= 0.6 is 0 Å². The maximum absolute atomic E-state index is 4.37. The van der Waals surface area contributed by atoms with Crippen LogP contribution in [0.25, 0.3) is 11.0 Å². The normalized spacial score (nSPS) is 29.4. The van der Waals surface area contributed by atoms with Gasteiger partial charge in [0.15, 0.2) is 0 Å². The highest BCUT2D eigenvalue weighted by Gasteiger charge is 2.35. The molecule has 2 atom stereocenters. The van der Waals surface area contributed by atoms with Crippen LogP contribution in [0.1, 0.15) is 31.2 Å². The minimum atomic E-state index is 0.718. The zero-order valence-corrected chi connectivity index (χ0v) is 12.0. The number of rotatable bonds is 3. The van der Waals surface area contributed by atoms with Crippen molar-refractivity contribution in [1.29, 1.82) is 0 Å². The summed E-state index contributed by atoms with van der Waals surface area (Å²) < 4.78 is 0. The van der Waals surface area contributed by atoms with Gasteiger partial charge >= 0.3 is 0 Å². The summed E-state index contributed by atoms with van der Waals surface area (Å²) in [7, 11) is 2.27. The smallest absolute Gasteiger partial charge is 0.137 e. The Balaban J connectivity index is 1.51. The SMILES string of the molecule is CN(Cc1c[nH]c2ncccc12)C1CC2CCC(C1)N2. The number of pyridine rings is 1. The molecule has 0 amide bonds. The number of fused-ring (bicyclic) bond motifs is 3. The molecular formula is C16H22N4. The Morgan fingerprint density at radius 2 is 2.10 bits per heavy atom. The maximum atomic E-state index is 4.37. The van der Waals surface area contributed by atoms with Gasteiger partial charge in [-0.2, -0.15) is 0 Å². The summed E-state index contributed by atoms with van der Waals surface area (Å²) in [6.07, 6.45) is 9.29. The second kappa shape index (κ2) is 4.86. The molecule has 2 N–H and O–H groups in total. The van der Waals surface area contributed by atoms with Crippen molar-refractivity contribution in [3.8, 4) is 0 Å². The maximum Gasteiger partial charge on any atom is 0.137 e. The summed E-state index contributed by atoms with van der Waals surface area (Å²) in [5.41, 5.74) is 2.36. The molecule has 4 heterocycles. The van der Waals surface area contributed by atoms with Crippen LogP contribution in [0.3, 0.4) is 0 Å². The molecule has 2 aliphatic rings. The van der Waals surface area contributed by atoms with Crippen LogP contribution in [0.4, 0.5) is 0 Å².